The number of hydrogen-bond acceptors (Lipinski definition) is 4. The van der Waals surface area contributed by atoms with Crippen LogP contribution in [-0.2, 0) is 4.79 Å². The summed E-state index contributed by atoms with van der Waals surface area (Å²) in [5.74, 6) is 1.53. The van der Waals surface area contributed by atoms with Crippen molar-refractivity contribution in [2.24, 2.45) is 11.8 Å². The Morgan fingerprint density at radius 3 is 2.77 bits per heavy atom. The Labute approximate surface area is 130 Å². The molecule has 1 saturated heterocycles. The van der Waals surface area contributed by atoms with E-state index >= 15 is 0 Å². The standard InChI is InChI=1S/C17H21N3O2/c1-12-7-13(2)10-20(9-12)16(21)11-22-17-15-6-4-3-5-14(15)8-18-19-17/h3-6,8,12-13H,7,9-11H2,1-2H3. The molecule has 0 spiro atoms. The van der Waals surface area contributed by atoms with Crippen LogP contribution in [0.5, 0.6) is 5.88 Å². The number of amides is 1. The molecule has 0 saturated carbocycles. The number of rotatable bonds is 3. The van der Waals surface area contributed by atoms with Gasteiger partial charge >= 0.3 is 0 Å². The molecule has 2 atom stereocenters. The van der Waals surface area contributed by atoms with Gasteiger partial charge in [-0.05, 0) is 24.3 Å². The van der Waals surface area contributed by atoms with Crippen molar-refractivity contribution in [3.05, 3.63) is 30.5 Å². The molecule has 2 aromatic rings. The van der Waals surface area contributed by atoms with Gasteiger partial charge in [0, 0.05) is 23.9 Å². The number of fused-ring (bicyclic) bond motifs is 1. The average molecular weight is 299 g/mol. The number of carbonyl (C=O) groups excluding carboxylic acids is 1. The van der Waals surface area contributed by atoms with E-state index in [1.807, 2.05) is 29.2 Å². The zero-order chi connectivity index (χ0) is 15.5. The van der Waals surface area contributed by atoms with Gasteiger partial charge in [0.15, 0.2) is 6.61 Å². The second-order valence-corrected chi connectivity index (χ2v) is 6.27. The summed E-state index contributed by atoms with van der Waals surface area (Å²) in [6.45, 7) is 6.02. The molecule has 1 aromatic heterocycles. The van der Waals surface area contributed by atoms with Crippen LogP contribution in [0, 0.1) is 11.8 Å². The lowest BCUT2D eigenvalue weighted by atomic mass is 9.92. The molecule has 116 valence electrons. The molecule has 0 N–H and O–H groups in total. The van der Waals surface area contributed by atoms with Gasteiger partial charge in [-0.15, -0.1) is 5.10 Å². The van der Waals surface area contributed by atoms with Crippen LogP contribution in [0.3, 0.4) is 0 Å². The molecule has 0 bridgehead atoms. The summed E-state index contributed by atoms with van der Waals surface area (Å²) in [6, 6.07) is 7.74. The van der Waals surface area contributed by atoms with Gasteiger partial charge in [-0.2, -0.15) is 5.10 Å². The molecule has 1 aliphatic rings. The predicted octanol–water partition coefficient (Wildman–Crippen LogP) is 2.51. The lowest BCUT2D eigenvalue weighted by Crippen LogP contribution is -2.44. The third-order valence-corrected chi connectivity index (χ3v) is 4.09. The van der Waals surface area contributed by atoms with E-state index in [1.165, 1.54) is 6.42 Å². The van der Waals surface area contributed by atoms with Gasteiger partial charge in [-0.1, -0.05) is 32.0 Å². The molecule has 3 rings (SSSR count). The highest BCUT2D eigenvalue weighted by atomic mass is 16.5. The Morgan fingerprint density at radius 1 is 1.27 bits per heavy atom. The third-order valence-electron chi connectivity index (χ3n) is 4.09. The Hall–Kier alpha value is -2.17. The summed E-state index contributed by atoms with van der Waals surface area (Å²) in [7, 11) is 0. The zero-order valence-electron chi connectivity index (χ0n) is 13.0. The van der Waals surface area contributed by atoms with Crippen LogP contribution in [0.4, 0.5) is 0 Å². The molecule has 1 fully saturated rings. The molecule has 22 heavy (non-hydrogen) atoms. The van der Waals surface area contributed by atoms with Crippen LogP contribution in [0.2, 0.25) is 0 Å². The highest BCUT2D eigenvalue weighted by Crippen LogP contribution is 2.23. The quantitative estimate of drug-likeness (QED) is 0.874. The zero-order valence-corrected chi connectivity index (χ0v) is 13.0. The first-order chi connectivity index (χ1) is 10.6. The highest BCUT2D eigenvalue weighted by Gasteiger charge is 2.25. The van der Waals surface area contributed by atoms with Crippen molar-refractivity contribution in [2.75, 3.05) is 19.7 Å². The van der Waals surface area contributed by atoms with Gasteiger partial charge in [-0.3, -0.25) is 4.79 Å². The summed E-state index contributed by atoms with van der Waals surface area (Å²) in [6.07, 6.45) is 2.87. The molecule has 2 heterocycles. The molecule has 5 nitrogen and oxygen atoms in total. The van der Waals surface area contributed by atoms with Crippen LogP contribution in [-0.4, -0.2) is 40.7 Å². The molecule has 0 radical (unpaired) electrons. The summed E-state index contributed by atoms with van der Waals surface area (Å²) < 4.78 is 5.64. The minimum atomic E-state index is 0.0160. The Kier molecular flexibility index (Phi) is 4.22. The lowest BCUT2D eigenvalue weighted by molar-refractivity contribution is -0.136. The van der Waals surface area contributed by atoms with Gasteiger partial charge in [0.05, 0.1) is 6.20 Å². The maximum atomic E-state index is 12.4. The van der Waals surface area contributed by atoms with Gasteiger partial charge < -0.3 is 9.64 Å². The number of piperidine rings is 1. The Balaban J connectivity index is 1.67. The first-order valence-corrected chi connectivity index (χ1v) is 7.74. The van der Waals surface area contributed by atoms with E-state index < -0.39 is 0 Å². The van der Waals surface area contributed by atoms with E-state index in [9.17, 15) is 4.79 Å². The number of nitrogens with zero attached hydrogens (tertiary/aromatic N) is 3. The number of carbonyl (C=O) groups is 1. The summed E-state index contributed by atoms with van der Waals surface area (Å²) in [4.78, 5) is 14.3. The molecule has 2 unspecified atom stereocenters. The third kappa shape index (κ3) is 3.18. The molecule has 0 aliphatic carbocycles. The van der Waals surface area contributed by atoms with E-state index in [0.29, 0.717) is 17.7 Å². The monoisotopic (exact) mass is 299 g/mol. The first kappa shape index (κ1) is 14.8. The van der Waals surface area contributed by atoms with E-state index in [0.717, 1.165) is 23.9 Å². The number of hydrogen-bond donors (Lipinski definition) is 0. The SMILES string of the molecule is CC1CC(C)CN(C(=O)COc2nncc3ccccc23)C1. The van der Waals surface area contributed by atoms with E-state index in [-0.39, 0.29) is 12.5 Å². The van der Waals surface area contributed by atoms with Gasteiger partial charge in [0.1, 0.15) is 0 Å². The normalized spacial score (nSPS) is 21.8. The Morgan fingerprint density at radius 2 is 2.00 bits per heavy atom. The van der Waals surface area contributed by atoms with Crippen molar-refractivity contribution < 1.29 is 9.53 Å². The number of ether oxygens (including phenoxy) is 1. The fourth-order valence-electron chi connectivity index (χ4n) is 3.20. The maximum Gasteiger partial charge on any atom is 0.260 e. The second kappa shape index (κ2) is 6.30. The molecule has 1 aliphatic heterocycles. The van der Waals surface area contributed by atoms with Crippen molar-refractivity contribution in [1.82, 2.24) is 15.1 Å². The largest absolute Gasteiger partial charge is 0.466 e. The fourth-order valence-corrected chi connectivity index (χ4v) is 3.20. The van der Waals surface area contributed by atoms with E-state index in [1.54, 1.807) is 6.20 Å². The first-order valence-electron chi connectivity index (χ1n) is 7.74. The topological polar surface area (TPSA) is 55.3 Å². The van der Waals surface area contributed by atoms with Crippen molar-refractivity contribution >= 4 is 16.7 Å². The fraction of sp³-hybridized carbons (Fsp3) is 0.471. The molecule has 1 aromatic carbocycles. The number of benzene rings is 1. The lowest BCUT2D eigenvalue weighted by Gasteiger charge is -2.34. The molecule has 1 amide bonds. The molecular formula is C17H21N3O2. The summed E-state index contributed by atoms with van der Waals surface area (Å²) >= 11 is 0. The van der Waals surface area contributed by atoms with Crippen molar-refractivity contribution in [3.63, 3.8) is 0 Å². The van der Waals surface area contributed by atoms with E-state index in [4.69, 9.17) is 4.74 Å². The smallest absolute Gasteiger partial charge is 0.260 e. The van der Waals surface area contributed by atoms with E-state index in [2.05, 4.69) is 24.0 Å². The minimum absolute atomic E-state index is 0.0160. The van der Waals surface area contributed by atoms with Crippen molar-refractivity contribution in [3.8, 4) is 5.88 Å². The number of aromatic nitrogens is 2. The van der Waals surface area contributed by atoms with Crippen LogP contribution in [0.25, 0.3) is 10.8 Å². The second-order valence-electron chi connectivity index (χ2n) is 6.27. The van der Waals surface area contributed by atoms with Gasteiger partial charge in [0.25, 0.3) is 5.91 Å². The summed E-state index contributed by atoms with van der Waals surface area (Å²) in [5.41, 5.74) is 0. The predicted molar refractivity (Wildman–Crippen MR) is 84.6 cm³/mol. The molecule has 5 heteroatoms. The van der Waals surface area contributed by atoms with Crippen LogP contribution < -0.4 is 4.74 Å². The Bertz CT molecular complexity index is 659. The van der Waals surface area contributed by atoms with Crippen molar-refractivity contribution in [1.29, 1.82) is 0 Å². The summed E-state index contributed by atoms with van der Waals surface area (Å²) in [5, 5.41) is 9.78. The van der Waals surface area contributed by atoms with Crippen LogP contribution in [0.15, 0.2) is 30.5 Å². The molecular weight excluding hydrogens is 278 g/mol. The maximum absolute atomic E-state index is 12.4. The highest BCUT2D eigenvalue weighted by molar-refractivity contribution is 5.86. The average Bonchev–Trinajstić information content (AvgIpc) is 2.51. The van der Waals surface area contributed by atoms with Crippen LogP contribution in [0.1, 0.15) is 20.3 Å². The minimum Gasteiger partial charge on any atom is -0.466 e. The number of likely N-dealkylation sites (tertiary alicyclic amines) is 1. The van der Waals surface area contributed by atoms with Crippen molar-refractivity contribution in [2.45, 2.75) is 20.3 Å². The van der Waals surface area contributed by atoms with Crippen LogP contribution >= 0.6 is 0 Å². The van der Waals surface area contributed by atoms with Gasteiger partial charge in [0.2, 0.25) is 5.88 Å². The van der Waals surface area contributed by atoms with Gasteiger partial charge in [-0.25, -0.2) is 0 Å².